The van der Waals surface area contributed by atoms with E-state index < -0.39 is 17.9 Å². The van der Waals surface area contributed by atoms with E-state index in [2.05, 4.69) is 25.2 Å². The Kier molecular flexibility index (Phi) is 6.10. The van der Waals surface area contributed by atoms with Crippen LogP contribution in [0.4, 0.5) is 0 Å². The SMILES string of the molecule is Cc1noc(C2CCC(C(=O)O)C(C(c3ccc(C(=O)O)cc3)N3CC(c4nc(C)no4)C3)C2)n1. The van der Waals surface area contributed by atoms with Gasteiger partial charge in [-0.2, -0.15) is 9.97 Å². The fourth-order valence-electron chi connectivity index (χ4n) is 5.49. The predicted octanol–water partition coefficient (Wildman–Crippen LogP) is 3.19. The number of aliphatic carboxylic acids is 1. The van der Waals surface area contributed by atoms with E-state index in [0.717, 1.165) is 5.56 Å². The van der Waals surface area contributed by atoms with Crippen LogP contribution in [0.25, 0.3) is 0 Å². The first-order valence-corrected chi connectivity index (χ1v) is 11.7. The fraction of sp³-hybridized carbons (Fsp3) is 0.500. The molecule has 2 aliphatic rings. The van der Waals surface area contributed by atoms with Gasteiger partial charge in [0.25, 0.3) is 0 Å². The van der Waals surface area contributed by atoms with Crippen LogP contribution in [0.2, 0.25) is 0 Å². The minimum Gasteiger partial charge on any atom is -0.481 e. The first-order chi connectivity index (χ1) is 16.8. The Balaban J connectivity index is 1.47. The molecule has 1 aliphatic heterocycles. The van der Waals surface area contributed by atoms with Gasteiger partial charge < -0.3 is 19.3 Å². The summed E-state index contributed by atoms with van der Waals surface area (Å²) in [7, 11) is 0. The van der Waals surface area contributed by atoms with Gasteiger partial charge >= 0.3 is 11.9 Å². The van der Waals surface area contributed by atoms with Crippen LogP contribution in [0.5, 0.6) is 0 Å². The summed E-state index contributed by atoms with van der Waals surface area (Å²) in [5.74, 6) is -0.331. The molecule has 0 spiro atoms. The number of aromatic carboxylic acids is 1. The number of benzene rings is 1. The van der Waals surface area contributed by atoms with Gasteiger partial charge in [0.15, 0.2) is 11.6 Å². The average molecular weight is 482 g/mol. The molecule has 1 saturated carbocycles. The largest absolute Gasteiger partial charge is 0.481 e. The number of carboxylic acid groups (broad SMARTS) is 2. The van der Waals surface area contributed by atoms with Crippen molar-refractivity contribution in [2.45, 2.75) is 51.0 Å². The van der Waals surface area contributed by atoms with Crippen LogP contribution in [0.1, 0.15) is 76.5 Å². The summed E-state index contributed by atoms with van der Waals surface area (Å²) < 4.78 is 10.8. The number of hydrogen-bond donors (Lipinski definition) is 2. The molecule has 0 radical (unpaired) electrons. The lowest BCUT2D eigenvalue weighted by atomic mass is 9.68. The monoisotopic (exact) mass is 481 g/mol. The van der Waals surface area contributed by atoms with Crippen molar-refractivity contribution in [3.63, 3.8) is 0 Å². The Hall–Kier alpha value is -3.60. The zero-order valence-corrected chi connectivity index (χ0v) is 19.5. The highest BCUT2D eigenvalue weighted by atomic mass is 16.5. The molecule has 2 fully saturated rings. The Morgan fingerprint density at radius 1 is 0.943 bits per heavy atom. The van der Waals surface area contributed by atoms with E-state index in [4.69, 9.17) is 9.05 Å². The zero-order chi connectivity index (χ0) is 24.7. The van der Waals surface area contributed by atoms with Gasteiger partial charge in [-0.1, -0.05) is 22.4 Å². The van der Waals surface area contributed by atoms with Crippen LogP contribution in [0.3, 0.4) is 0 Å². The Labute approximate surface area is 201 Å². The van der Waals surface area contributed by atoms with Crippen LogP contribution in [0, 0.1) is 25.7 Å². The first kappa shape index (κ1) is 23.2. The summed E-state index contributed by atoms with van der Waals surface area (Å²) in [6.07, 6.45) is 1.73. The van der Waals surface area contributed by atoms with Crippen molar-refractivity contribution in [3.8, 4) is 0 Å². The summed E-state index contributed by atoms with van der Waals surface area (Å²) >= 11 is 0. The molecular weight excluding hydrogens is 454 g/mol. The molecule has 11 heteroatoms. The lowest BCUT2D eigenvalue weighted by molar-refractivity contribution is -0.147. The molecule has 0 bridgehead atoms. The molecule has 3 aromatic rings. The lowest BCUT2D eigenvalue weighted by Gasteiger charge is -2.49. The van der Waals surface area contributed by atoms with Crippen LogP contribution >= 0.6 is 0 Å². The van der Waals surface area contributed by atoms with E-state index >= 15 is 0 Å². The first-order valence-electron chi connectivity index (χ1n) is 11.7. The molecule has 3 heterocycles. The topological polar surface area (TPSA) is 156 Å². The minimum absolute atomic E-state index is 0.0340. The van der Waals surface area contributed by atoms with Crippen molar-refractivity contribution in [1.82, 2.24) is 25.2 Å². The molecule has 184 valence electrons. The average Bonchev–Trinajstić information content (AvgIpc) is 3.43. The highest BCUT2D eigenvalue weighted by Crippen LogP contribution is 2.49. The molecule has 5 rings (SSSR count). The normalized spacial score (nSPS) is 24.1. The second-order valence-corrected chi connectivity index (χ2v) is 9.50. The van der Waals surface area contributed by atoms with E-state index in [0.29, 0.717) is 55.8 Å². The Morgan fingerprint density at radius 3 is 2.06 bits per heavy atom. The number of nitrogens with zero attached hydrogens (tertiary/aromatic N) is 5. The second-order valence-electron chi connectivity index (χ2n) is 9.50. The molecule has 2 N–H and O–H groups in total. The number of carboxylic acids is 2. The van der Waals surface area contributed by atoms with E-state index in [9.17, 15) is 19.8 Å². The molecule has 35 heavy (non-hydrogen) atoms. The molecule has 1 aliphatic carbocycles. The molecule has 4 atom stereocenters. The van der Waals surface area contributed by atoms with E-state index in [1.54, 1.807) is 38.1 Å². The fourth-order valence-corrected chi connectivity index (χ4v) is 5.49. The summed E-state index contributed by atoms with van der Waals surface area (Å²) in [6.45, 7) is 4.81. The van der Waals surface area contributed by atoms with Crippen LogP contribution in [-0.4, -0.2) is 60.4 Å². The van der Waals surface area contributed by atoms with Crippen molar-refractivity contribution >= 4 is 11.9 Å². The molecule has 4 unspecified atom stereocenters. The second kappa shape index (κ2) is 9.21. The van der Waals surface area contributed by atoms with Gasteiger partial charge in [-0.3, -0.25) is 9.69 Å². The Morgan fingerprint density at radius 2 is 1.54 bits per heavy atom. The van der Waals surface area contributed by atoms with Gasteiger partial charge in [0.2, 0.25) is 11.8 Å². The zero-order valence-electron chi connectivity index (χ0n) is 19.5. The molecular formula is C24H27N5O6. The molecule has 1 aromatic carbocycles. The molecule has 11 nitrogen and oxygen atoms in total. The number of hydrogen-bond acceptors (Lipinski definition) is 9. The van der Waals surface area contributed by atoms with E-state index in [1.807, 2.05) is 0 Å². The van der Waals surface area contributed by atoms with E-state index in [-0.39, 0.29) is 29.4 Å². The number of carbonyl (C=O) groups is 2. The van der Waals surface area contributed by atoms with Gasteiger partial charge in [0.05, 0.1) is 17.4 Å². The van der Waals surface area contributed by atoms with Crippen molar-refractivity contribution in [2.75, 3.05) is 13.1 Å². The van der Waals surface area contributed by atoms with Crippen LogP contribution in [-0.2, 0) is 4.79 Å². The molecule has 2 aromatic heterocycles. The highest BCUT2D eigenvalue weighted by molar-refractivity contribution is 5.87. The van der Waals surface area contributed by atoms with Crippen molar-refractivity contribution < 1.29 is 28.8 Å². The summed E-state index contributed by atoms with van der Waals surface area (Å²) in [4.78, 5) is 34.7. The summed E-state index contributed by atoms with van der Waals surface area (Å²) in [5, 5.41) is 27.2. The van der Waals surface area contributed by atoms with Crippen LogP contribution < -0.4 is 0 Å². The standard InChI is InChI=1S/C24H27N5O6/c1-12-25-21(34-27-12)16-7-8-18(24(32)33)19(9-16)20(14-3-5-15(6-4-14)23(30)31)29-10-17(11-29)22-26-13(2)28-35-22/h3-6,16-20H,7-11H2,1-2H3,(H,30,31)(H,32,33). The van der Waals surface area contributed by atoms with Crippen molar-refractivity contribution in [1.29, 1.82) is 0 Å². The lowest BCUT2D eigenvalue weighted by Crippen LogP contribution is -2.51. The van der Waals surface area contributed by atoms with Gasteiger partial charge in [0.1, 0.15) is 0 Å². The maximum atomic E-state index is 12.3. The number of likely N-dealkylation sites (tertiary alicyclic amines) is 1. The number of aryl methyl sites for hydroxylation is 2. The van der Waals surface area contributed by atoms with Crippen molar-refractivity contribution in [2.24, 2.45) is 11.8 Å². The van der Waals surface area contributed by atoms with E-state index in [1.165, 1.54) is 0 Å². The number of rotatable bonds is 7. The maximum absolute atomic E-state index is 12.3. The summed E-state index contributed by atoms with van der Waals surface area (Å²) in [6, 6.07) is 6.49. The third kappa shape index (κ3) is 4.55. The minimum atomic E-state index is -1.00. The highest BCUT2D eigenvalue weighted by Gasteiger charge is 2.47. The molecule has 0 amide bonds. The predicted molar refractivity (Wildman–Crippen MR) is 120 cm³/mol. The van der Waals surface area contributed by atoms with Crippen molar-refractivity contribution in [3.05, 3.63) is 58.8 Å². The number of aromatic nitrogens is 4. The summed E-state index contributed by atoms with van der Waals surface area (Å²) in [5.41, 5.74) is 1.07. The molecule has 1 saturated heterocycles. The van der Waals surface area contributed by atoms with Gasteiger partial charge in [-0.15, -0.1) is 0 Å². The quantitative estimate of drug-likeness (QED) is 0.511. The Bertz CT molecular complexity index is 1220. The maximum Gasteiger partial charge on any atom is 0.335 e. The van der Waals surface area contributed by atoms with Gasteiger partial charge in [-0.25, -0.2) is 4.79 Å². The third-order valence-corrected chi connectivity index (χ3v) is 7.21. The van der Waals surface area contributed by atoms with Gasteiger partial charge in [0, 0.05) is 25.0 Å². The van der Waals surface area contributed by atoms with Gasteiger partial charge in [-0.05, 0) is 56.7 Å². The third-order valence-electron chi connectivity index (χ3n) is 7.21. The smallest absolute Gasteiger partial charge is 0.335 e. The van der Waals surface area contributed by atoms with Crippen LogP contribution in [0.15, 0.2) is 33.3 Å².